The number of nitriles is 1. The van der Waals surface area contributed by atoms with Gasteiger partial charge in [0.15, 0.2) is 0 Å². The normalized spacial score (nSPS) is 17.3. The molecule has 0 bridgehead atoms. The molecule has 1 aromatic heterocycles. The maximum atomic E-state index is 14.6. The number of benzene rings is 3. The third-order valence-corrected chi connectivity index (χ3v) is 7.53. The highest BCUT2D eigenvalue weighted by Crippen LogP contribution is 2.41. The maximum absolute atomic E-state index is 14.6. The van der Waals surface area contributed by atoms with Crippen LogP contribution >= 0.6 is 0 Å². The van der Waals surface area contributed by atoms with Crippen molar-refractivity contribution in [1.82, 2.24) is 21.0 Å². The Morgan fingerprint density at radius 3 is 2.49 bits per heavy atom. The first-order valence-corrected chi connectivity index (χ1v) is 13.9. The van der Waals surface area contributed by atoms with E-state index in [9.17, 15) is 24.2 Å². The van der Waals surface area contributed by atoms with Crippen LogP contribution in [0.3, 0.4) is 0 Å². The second-order valence-corrected chi connectivity index (χ2v) is 10.5. The summed E-state index contributed by atoms with van der Waals surface area (Å²) in [5.41, 5.74) is 6.37. The third-order valence-electron chi connectivity index (χ3n) is 7.53. The van der Waals surface area contributed by atoms with Crippen LogP contribution in [-0.2, 0) is 6.18 Å². The lowest BCUT2D eigenvalue weighted by Crippen LogP contribution is -2.38. The molecule has 7 nitrogen and oxygen atoms in total. The average molecular weight is 589 g/mol. The zero-order valence-corrected chi connectivity index (χ0v) is 23.1. The number of nitrogens with zero attached hydrogens (tertiary/aromatic N) is 3. The van der Waals surface area contributed by atoms with Crippen LogP contribution in [0.1, 0.15) is 61.9 Å². The van der Waals surface area contributed by atoms with E-state index in [1.807, 2.05) is 42.3 Å². The highest BCUT2D eigenvalue weighted by molar-refractivity contribution is 5.98. The molecule has 1 saturated carbocycles. The van der Waals surface area contributed by atoms with Crippen LogP contribution in [0.4, 0.5) is 28.9 Å². The van der Waals surface area contributed by atoms with Gasteiger partial charge in [-0.2, -0.15) is 18.4 Å². The summed E-state index contributed by atoms with van der Waals surface area (Å²) in [5, 5.41) is 18.1. The molecule has 220 valence electrons. The molecule has 1 fully saturated rings. The fourth-order valence-corrected chi connectivity index (χ4v) is 5.17. The molecule has 2 heterocycles. The summed E-state index contributed by atoms with van der Waals surface area (Å²) >= 11 is 0. The Balaban J connectivity index is 1.51. The van der Waals surface area contributed by atoms with Crippen molar-refractivity contribution in [2.24, 2.45) is 0 Å². The Labute approximate surface area is 247 Å². The van der Waals surface area contributed by atoms with Gasteiger partial charge in [-0.3, -0.25) is 9.99 Å². The van der Waals surface area contributed by atoms with Gasteiger partial charge in [-0.15, -0.1) is 5.53 Å². The minimum atomic E-state index is -4.80. The van der Waals surface area contributed by atoms with Gasteiger partial charge >= 0.3 is 6.18 Å². The summed E-state index contributed by atoms with van der Waals surface area (Å²) in [5.74, 6) is -0.512. The number of hydrogen-bond acceptors (Lipinski definition) is 7. The Bertz CT molecular complexity index is 1750. The van der Waals surface area contributed by atoms with E-state index in [0.29, 0.717) is 17.7 Å². The number of alkyl halides is 3. The van der Waals surface area contributed by atoms with Crippen LogP contribution in [0.15, 0.2) is 84.8 Å². The first-order chi connectivity index (χ1) is 21.1. The fourth-order valence-electron chi connectivity index (χ4n) is 5.17. The molecule has 1 aliphatic carbocycles. The van der Waals surface area contributed by atoms with Gasteiger partial charge in [-0.1, -0.05) is 49.4 Å². The topological polar surface area (TPSA) is 88.0 Å². The number of aromatic nitrogens is 1. The molecule has 2 atom stereocenters. The van der Waals surface area contributed by atoms with E-state index in [-0.39, 0.29) is 39.9 Å². The van der Waals surface area contributed by atoms with Gasteiger partial charge in [0.05, 0.1) is 41.5 Å². The van der Waals surface area contributed by atoms with Crippen molar-refractivity contribution in [3.63, 3.8) is 0 Å². The molecular weight excluding hydrogens is 558 g/mol. The van der Waals surface area contributed by atoms with Crippen molar-refractivity contribution in [2.75, 3.05) is 10.6 Å². The quantitative estimate of drug-likeness (QED) is 0.153. The molecule has 0 saturated heterocycles. The first-order valence-electron chi connectivity index (χ1n) is 14.4. The van der Waals surface area contributed by atoms with Gasteiger partial charge in [0.25, 0.3) is 0 Å². The summed E-state index contributed by atoms with van der Waals surface area (Å²) in [6.45, 7) is 1.94. The van der Waals surface area contributed by atoms with E-state index in [0.717, 1.165) is 30.7 Å². The molecule has 11 heteroatoms. The van der Waals surface area contributed by atoms with Crippen molar-refractivity contribution in [3.05, 3.63) is 113 Å². The zero-order chi connectivity index (χ0) is 31.1. The van der Waals surface area contributed by atoms with Gasteiger partial charge in [0.1, 0.15) is 11.9 Å². The number of anilines is 2. The molecule has 0 amide bonds. The predicted molar refractivity (Wildman–Crippen MR) is 157 cm³/mol. The molecule has 3 aromatic carbocycles. The summed E-state index contributed by atoms with van der Waals surface area (Å²) in [6, 6.07) is 17.1. The van der Waals surface area contributed by atoms with Crippen molar-refractivity contribution in [3.8, 4) is 6.07 Å². The van der Waals surface area contributed by atoms with Gasteiger partial charge in [0.2, 0.25) is 0 Å². The fraction of sp³-hybridized carbons (Fsp3) is 0.250. The van der Waals surface area contributed by atoms with E-state index in [4.69, 9.17) is 0 Å². The second-order valence-electron chi connectivity index (χ2n) is 10.5. The average Bonchev–Trinajstić information content (AvgIpc) is 3.75. The van der Waals surface area contributed by atoms with E-state index >= 15 is 0 Å². The lowest BCUT2D eigenvalue weighted by Gasteiger charge is -2.24. The molecule has 4 N–H and O–H groups in total. The molecule has 0 spiro atoms. The molecule has 4 aromatic rings. The number of pyridine rings is 1. The molecule has 0 radical (unpaired) electrons. The van der Waals surface area contributed by atoms with Crippen molar-refractivity contribution < 1.29 is 18.9 Å². The van der Waals surface area contributed by atoms with Gasteiger partial charge in [-0.05, 0) is 54.7 Å². The SMILES string of the molecule is [2H][C@](Nc1cc(C(F)(F)F)c2ncc(C#N)c(N[C@H](CC)c3ccccc3)c2c1)(C1=CN(C2CC2)NN1)c1ccc(F)cc1. The third kappa shape index (κ3) is 5.92. The highest BCUT2D eigenvalue weighted by Gasteiger charge is 2.36. The number of hydrogen-bond donors (Lipinski definition) is 4. The summed E-state index contributed by atoms with van der Waals surface area (Å²) in [7, 11) is 0. The molecule has 1 aliphatic heterocycles. The smallest absolute Gasteiger partial charge is 0.377 e. The van der Waals surface area contributed by atoms with E-state index in [1.165, 1.54) is 30.3 Å². The first kappa shape index (κ1) is 27.0. The van der Waals surface area contributed by atoms with Gasteiger partial charge in [0, 0.05) is 29.5 Å². The minimum Gasteiger partial charge on any atom is -0.377 e. The summed E-state index contributed by atoms with van der Waals surface area (Å²) < 4.78 is 67.1. The lowest BCUT2D eigenvalue weighted by atomic mass is 9.99. The van der Waals surface area contributed by atoms with Crippen LogP contribution in [0.2, 0.25) is 0 Å². The standard InChI is InChI=1S/C32H29F4N7/c1-2-27(19-6-4-3-5-7-19)40-29-21(16-37)17-38-31-25(29)14-23(15-26(31)32(34,35)36)39-30(20-8-10-22(33)11-9-20)28-18-43(42-41-28)24-12-13-24/h3-11,14-15,17-18,24,27,30,39,41-42H,2,12-13H2,1H3,(H,38,40)/t27-,30-/m1/s1/i30D. The highest BCUT2D eigenvalue weighted by atomic mass is 19.4. The zero-order valence-electron chi connectivity index (χ0n) is 24.1. The van der Waals surface area contributed by atoms with Crippen LogP contribution in [0, 0.1) is 17.1 Å². The molecular formula is C32H29F4N7. The Morgan fingerprint density at radius 2 is 1.84 bits per heavy atom. The Morgan fingerprint density at radius 1 is 1.09 bits per heavy atom. The number of hydrazine groups is 2. The van der Waals surface area contributed by atoms with Crippen LogP contribution in [-0.4, -0.2) is 16.0 Å². The predicted octanol–water partition coefficient (Wildman–Crippen LogP) is 7.31. The summed E-state index contributed by atoms with van der Waals surface area (Å²) in [4.78, 5) is 4.06. The van der Waals surface area contributed by atoms with Crippen LogP contribution in [0.25, 0.3) is 10.9 Å². The number of fused-ring (bicyclic) bond motifs is 1. The molecule has 0 unspecified atom stereocenters. The van der Waals surface area contributed by atoms with Gasteiger partial charge < -0.3 is 16.1 Å². The van der Waals surface area contributed by atoms with Gasteiger partial charge in [-0.25, -0.2) is 4.39 Å². The summed E-state index contributed by atoms with van der Waals surface area (Å²) in [6.07, 6.45) is 0.545. The van der Waals surface area contributed by atoms with E-state index in [2.05, 4.69) is 32.6 Å². The van der Waals surface area contributed by atoms with Crippen LogP contribution in [0.5, 0.6) is 0 Å². The number of nitrogens with one attached hydrogen (secondary N) is 4. The minimum absolute atomic E-state index is 0.0376. The molecule has 2 aliphatic rings. The largest absolute Gasteiger partial charge is 0.418 e. The maximum Gasteiger partial charge on any atom is 0.418 e. The molecule has 6 rings (SSSR count). The van der Waals surface area contributed by atoms with Crippen molar-refractivity contribution in [2.45, 2.75) is 50.5 Å². The van der Waals surface area contributed by atoms with E-state index < -0.39 is 23.6 Å². The van der Waals surface area contributed by atoms with Crippen molar-refractivity contribution >= 4 is 22.3 Å². The Kier molecular flexibility index (Phi) is 7.20. The van der Waals surface area contributed by atoms with E-state index in [1.54, 1.807) is 6.20 Å². The number of rotatable bonds is 9. The van der Waals surface area contributed by atoms with Crippen molar-refractivity contribution in [1.29, 1.82) is 5.26 Å². The molecule has 43 heavy (non-hydrogen) atoms. The van der Waals surface area contributed by atoms with Crippen LogP contribution < -0.4 is 21.6 Å². The lowest BCUT2D eigenvalue weighted by molar-refractivity contribution is -0.136. The Hall–Kier alpha value is -4.82. The monoisotopic (exact) mass is 588 g/mol. The second kappa shape index (κ2) is 11.5. The number of halogens is 4.